The van der Waals surface area contributed by atoms with Gasteiger partial charge in [0.1, 0.15) is 11.9 Å². The Morgan fingerprint density at radius 2 is 1.97 bits per heavy atom. The molecule has 2 aromatic rings. The summed E-state index contributed by atoms with van der Waals surface area (Å²) in [5.41, 5.74) is 5.92. The van der Waals surface area contributed by atoms with E-state index in [2.05, 4.69) is 38.1 Å². The fourth-order valence-electron chi connectivity index (χ4n) is 4.67. The summed E-state index contributed by atoms with van der Waals surface area (Å²) in [6.07, 6.45) is 5.33. The highest BCUT2D eigenvalue weighted by Gasteiger charge is 2.32. The van der Waals surface area contributed by atoms with Gasteiger partial charge in [-0.15, -0.1) is 0 Å². The van der Waals surface area contributed by atoms with Gasteiger partial charge in [0.2, 0.25) is 0 Å². The minimum atomic E-state index is -0.637. The molecule has 1 aliphatic carbocycles. The number of aliphatic hydroxyl groups is 1. The van der Waals surface area contributed by atoms with Crippen LogP contribution < -0.4 is 0 Å². The Labute approximate surface area is 183 Å². The summed E-state index contributed by atoms with van der Waals surface area (Å²) in [5, 5.41) is 9.99. The third-order valence-corrected chi connectivity index (χ3v) is 6.39. The molecular weight excluding hydrogens is 391 g/mol. The summed E-state index contributed by atoms with van der Waals surface area (Å²) in [4.78, 5) is 11.8. The van der Waals surface area contributed by atoms with Crippen LogP contribution in [0.4, 0.5) is 4.39 Å². The molecule has 3 nitrogen and oxygen atoms in total. The lowest BCUT2D eigenvalue weighted by Gasteiger charge is -2.31. The van der Waals surface area contributed by atoms with Crippen molar-refractivity contribution in [3.63, 3.8) is 0 Å². The number of rotatable bonds is 4. The van der Waals surface area contributed by atoms with Gasteiger partial charge in [-0.2, -0.15) is 0 Å². The van der Waals surface area contributed by atoms with Crippen molar-refractivity contribution in [3.8, 4) is 0 Å². The number of carbonyl (C=O) groups is 1. The van der Waals surface area contributed by atoms with Gasteiger partial charge in [-0.1, -0.05) is 61.9 Å². The molecule has 4 heteroatoms. The van der Waals surface area contributed by atoms with Crippen molar-refractivity contribution in [3.05, 3.63) is 82.2 Å². The van der Waals surface area contributed by atoms with E-state index in [1.165, 1.54) is 11.6 Å². The Bertz CT molecular complexity index is 1060. The monoisotopic (exact) mass is 420 g/mol. The molecule has 0 saturated carbocycles. The number of ether oxygens (including phenoxy) is 1. The average Bonchev–Trinajstić information content (AvgIpc) is 2.82. The van der Waals surface area contributed by atoms with Gasteiger partial charge in [0.05, 0.1) is 12.5 Å². The van der Waals surface area contributed by atoms with E-state index in [0.29, 0.717) is 24.8 Å². The first-order valence-electron chi connectivity index (χ1n) is 10.9. The van der Waals surface area contributed by atoms with Gasteiger partial charge in [0.25, 0.3) is 0 Å². The minimum absolute atomic E-state index is 0.0703. The number of benzene rings is 2. The van der Waals surface area contributed by atoms with Crippen LogP contribution in [-0.2, 0) is 9.53 Å². The average molecular weight is 421 g/mol. The number of hydrogen-bond acceptors (Lipinski definition) is 3. The maximum atomic E-state index is 14.1. The SMILES string of the molecule is Cc1cc(C2=C(CC[C@@H]3C[C@@H](O)CC(=O)O3)C(C)(C)C=Cc3ccccc32)ccc1F. The van der Waals surface area contributed by atoms with E-state index < -0.39 is 6.10 Å². The fraction of sp³-hybridized carbons (Fsp3) is 0.370. The molecule has 0 amide bonds. The van der Waals surface area contributed by atoms with Gasteiger partial charge in [0, 0.05) is 11.8 Å². The normalized spacial score (nSPS) is 22.7. The molecular formula is C27H29FO3. The molecule has 0 bridgehead atoms. The highest BCUT2D eigenvalue weighted by atomic mass is 19.1. The van der Waals surface area contributed by atoms with Crippen molar-refractivity contribution in [2.45, 2.75) is 58.7 Å². The van der Waals surface area contributed by atoms with Gasteiger partial charge in [-0.05, 0) is 59.7 Å². The zero-order valence-electron chi connectivity index (χ0n) is 18.3. The van der Waals surface area contributed by atoms with Gasteiger partial charge >= 0.3 is 5.97 Å². The molecule has 31 heavy (non-hydrogen) atoms. The molecule has 0 spiro atoms. The maximum absolute atomic E-state index is 14.1. The highest BCUT2D eigenvalue weighted by molar-refractivity contribution is 5.88. The summed E-state index contributed by atoms with van der Waals surface area (Å²) >= 11 is 0. The lowest BCUT2D eigenvalue weighted by molar-refractivity contribution is -0.160. The topological polar surface area (TPSA) is 46.5 Å². The number of esters is 1. The van der Waals surface area contributed by atoms with Crippen molar-refractivity contribution < 1.29 is 19.0 Å². The molecule has 0 radical (unpaired) electrons. The Morgan fingerprint density at radius 3 is 2.71 bits per heavy atom. The van der Waals surface area contributed by atoms with Gasteiger partial charge in [0.15, 0.2) is 0 Å². The van der Waals surface area contributed by atoms with Gasteiger partial charge < -0.3 is 9.84 Å². The molecule has 1 N–H and O–H groups in total. The lowest BCUT2D eigenvalue weighted by atomic mass is 9.76. The molecule has 2 aliphatic rings. The van der Waals surface area contributed by atoms with Crippen LogP contribution in [0.25, 0.3) is 11.6 Å². The molecule has 0 unspecified atom stereocenters. The number of aryl methyl sites for hydroxylation is 1. The van der Waals surface area contributed by atoms with E-state index >= 15 is 0 Å². The predicted octanol–water partition coefficient (Wildman–Crippen LogP) is 5.84. The predicted molar refractivity (Wildman–Crippen MR) is 121 cm³/mol. The molecule has 1 heterocycles. The number of halogens is 1. The third-order valence-electron chi connectivity index (χ3n) is 6.39. The van der Waals surface area contributed by atoms with Gasteiger partial charge in [-0.25, -0.2) is 4.39 Å². The van der Waals surface area contributed by atoms with E-state index in [1.807, 2.05) is 24.3 Å². The molecule has 1 saturated heterocycles. The number of fused-ring (bicyclic) bond motifs is 1. The molecule has 2 aromatic carbocycles. The third kappa shape index (κ3) is 4.49. The zero-order chi connectivity index (χ0) is 22.2. The second-order valence-corrected chi connectivity index (χ2v) is 9.20. The highest BCUT2D eigenvalue weighted by Crippen LogP contribution is 2.45. The van der Waals surface area contributed by atoms with Crippen LogP contribution in [0.1, 0.15) is 61.8 Å². The van der Waals surface area contributed by atoms with E-state index in [1.54, 1.807) is 6.92 Å². The Kier molecular flexibility index (Phi) is 5.85. The van der Waals surface area contributed by atoms with Crippen LogP contribution in [0.5, 0.6) is 0 Å². The van der Waals surface area contributed by atoms with Crippen LogP contribution in [0.2, 0.25) is 0 Å². The number of aliphatic hydroxyl groups excluding tert-OH is 1. The molecule has 2 atom stereocenters. The van der Waals surface area contributed by atoms with Crippen molar-refractivity contribution in [2.24, 2.45) is 5.41 Å². The molecule has 1 aliphatic heterocycles. The number of carbonyl (C=O) groups excluding carboxylic acids is 1. The van der Waals surface area contributed by atoms with E-state index in [-0.39, 0.29) is 29.7 Å². The standard InChI is InChI=1S/C27H29FO3/c1-17-14-19(8-11-24(17)28)26-22-7-5-4-6-18(22)12-13-27(2,3)23(26)10-9-21-15-20(29)16-25(30)31-21/h4-8,11-14,20-21,29H,9-10,15-16H2,1-3H3/t20-,21-/m1/s1. The summed E-state index contributed by atoms with van der Waals surface area (Å²) in [7, 11) is 0. The van der Waals surface area contributed by atoms with Crippen LogP contribution >= 0.6 is 0 Å². The van der Waals surface area contributed by atoms with E-state index in [9.17, 15) is 14.3 Å². The van der Waals surface area contributed by atoms with Crippen LogP contribution in [0, 0.1) is 18.2 Å². The molecule has 162 valence electrons. The zero-order valence-corrected chi connectivity index (χ0v) is 18.3. The first kappa shape index (κ1) is 21.5. The van der Waals surface area contributed by atoms with E-state index in [0.717, 1.165) is 22.3 Å². The van der Waals surface area contributed by atoms with Crippen molar-refractivity contribution in [1.29, 1.82) is 0 Å². The van der Waals surface area contributed by atoms with Crippen LogP contribution in [-0.4, -0.2) is 23.3 Å². The quantitative estimate of drug-likeness (QED) is 0.633. The van der Waals surface area contributed by atoms with Gasteiger partial charge in [-0.3, -0.25) is 4.79 Å². The lowest BCUT2D eigenvalue weighted by Crippen LogP contribution is -2.32. The van der Waals surface area contributed by atoms with E-state index in [4.69, 9.17) is 4.74 Å². The Hall–Kier alpha value is -2.72. The number of allylic oxidation sites excluding steroid dienone is 2. The Balaban J connectivity index is 1.82. The summed E-state index contributed by atoms with van der Waals surface area (Å²) in [6.45, 7) is 6.15. The smallest absolute Gasteiger partial charge is 0.308 e. The molecule has 1 fully saturated rings. The second kappa shape index (κ2) is 8.43. The fourth-order valence-corrected chi connectivity index (χ4v) is 4.67. The minimum Gasteiger partial charge on any atom is -0.462 e. The largest absolute Gasteiger partial charge is 0.462 e. The first-order valence-corrected chi connectivity index (χ1v) is 10.9. The maximum Gasteiger partial charge on any atom is 0.308 e. The summed E-state index contributed by atoms with van der Waals surface area (Å²) in [5.74, 6) is -0.550. The molecule has 4 rings (SSSR count). The Morgan fingerprint density at radius 1 is 1.19 bits per heavy atom. The first-order chi connectivity index (χ1) is 14.7. The second-order valence-electron chi connectivity index (χ2n) is 9.20. The van der Waals surface area contributed by atoms with Crippen LogP contribution in [0.3, 0.4) is 0 Å². The number of hydrogen-bond donors (Lipinski definition) is 1. The van der Waals surface area contributed by atoms with Crippen molar-refractivity contribution in [1.82, 2.24) is 0 Å². The summed E-state index contributed by atoms with van der Waals surface area (Å²) in [6, 6.07) is 13.5. The van der Waals surface area contributed by atoms with Crippen LogP contribution in [0.15, 0.2) is 54.1 Å². The number of cyclic esters (lactones) is 1. The van der Waals surface area contributed by atoms with Crippen molar-refractivity contribution in [2.75, 3.05) is 0 Å². The van der Waals surface area contributed by atoms with Crippen molar-refractivity contribution >= 4 is 17.6 Å². The summed E-state index contributed by atoms with van der Waals surface area (Å²) < 4.78 is 19.6. The molecule has 0 aromatic heterocycles.